The quantitative estimate of drug-likeness (QED) is 0.770. The van der Waals surface area contributed by atoms with E-state index in [9.17, 15) is 0 Å². The number of halogens is 1. The van der Waals surface area contributed by atoms with Crippen molar-refractivity contribution in [3.8, 4) is 0 Å². The van der Waals surface area contributed by atoms with E-state index < -0.39 is 0 Å². The molecule has 0 amide bonds. The summed E-state index contributed by atoms with van der Waals surface area (Å²) in [6, 6.07) is 10.5. The van der Waals surface area contributed by atoms with Crippen LogP contribution in [0.2, 0.25) is 0 Å². The molecule has 17 heavy (non-hydrogen) atoms. The van der Waals surface area contributed by atoms with Crippen LogP contribution in [0, 0.1) is 0 Å². The summed E-state index contributed by atoms with van der Waals surface area (Å²) in [5, 5.41) is 4.05. The van der Waals surface area contributed by atoms with Gasteiger partial charge in [-0.05, 0) is 17.6 Å². The summed E-state index contributed by atoms with van der Waals surface area (Å²) in [7, 11) is 0. The smallest absolute Gasteiger partial charge is 0.108 e. The molecule has 1 fully saturated rings. The van der Waals surface area contributed by atoms with Crippen LogP contribution in [0.3, 0.4) is 0 Å². The van der Waals surface area contributed by atoms with E-state index >= 15 is 0 Å². The fraction of sp³-hybridized carbons (Fsp3) is 0.286. The third kappa shape index (κ3) is 2.11. The molecule has 2 aliphatic heterocycles. The first-order valence-electron chi connectivity index (χ1n) is 5.83. The van der Waals surface area contributed by atoms with Crippen molar-refractivity contribution >= 4 is 11.6 Å². The van der Waals surface area contributed by atoms with Gasteiger partial charge < -0.3 is 10.1 Å². The molecule has 3 rings (SSSR count). The summed E-state index contributed by atoms with van der Waals surface area (Å²) in [5.41, 5.74) is 3.68. The van der Waals surface area contributed by atoms with Gasteiger partial charge >= 0.3 is 0 Å². The highest BCUT2D eigenvalue weighted by Gasteiger charge is 2.23. The van der Waals surface area contributed by atoms with E-state index in [0.717, 1.165) is 23.8 Å². The first-order valence-corrected chi connectivity index (χ1v) is 6.21. The lowest BCUT2D eigenvalue weighted by molar-refractivity contribution is 0.144. The van der Waals surface area contributed by atoms with Gasteiger partial charge in [-0.2, -0.15) is 0 Å². The van der Waals surface area contributed by atoms with Gasteiger partial charge in [-0.15, -0.1) is 0 Å². The maximum atomic E-state index is 6.28. The minimum absolute atomic E-state index is 0.181. The van der Waals surface area contributed by atoms with E-state index in [0.29, 0.717) is 6.61 Å². The van der Waals surface area contributed by atoms with Crippen molar-refractivity contribution in [2.24, 2.45) is 0 Å². The highest BCUT2D eigenvalue weighted by Crippen LogP contribution is 2.32. The van der Waals surface area contributed by atoms with Gasteiger partial charge in [0.15, 0.2) is 0 Å². The van der Waals surface area contributed by atoms with Crippen LogP contribution in [-0.2, 0) is 4.74 Å². The van der Waals surface area contributed by atoms with Crippen LogP contribution in [0.4, 0.5) is 0 Å². The predicted molar refractivity (Wildman–Crippen MR) is 68.7 cm³/mol. The van der Waals surface area contributed by atoms with Crippen molar-refractivity contribution in [2.45, 2.75) is 12.5 Å². The Kier molecular flexibility index (Phi) is 2.91. The van der Waals surface area contributed by atoms with Gasteiger partial charge in [0.1, 0.15) is 5.16 Å². The molecule has 0 bridgehead atoms. The largest absolute Gasteiger partial charge is 0.376 e. The fourth-order valence-electron chi connectivity index (χ4n) is 2.29. The molecule has 1 aromatic rings. The number of rotatable bonds is 1. The van der Waals surface area contributed by atoms with Crippen molar-refractivity contribution < 1.29 is 4.74 Å². The maximum Gasteiger partial charge on any atom is 0.108 e. The SMILES string of the molecule is ClC1=C2COCCC2=CC(c2ccccc2)N1. The molecule has 1 N–H and O–H groups in total. The second-order valence-electron chi connectivity index (χ2n) is 4.32. The zero-order valence-electron chi connectivity index (χ0n) is 9.45. The Balaban J connectivity index is 1.92. The van der Waals surface area contributed by atoms with E-state index in [1.165, 1.54) is 11.1 Å². The lowest BCUT2D eigenvalue weighted by Crippen LogP contribution is -2.26. The van der Waals surface area contributed by atoms with Crippen LogP contribution in [0.15, 0.2) is 52.7 Å². The Labute approximate surface area is 106 Å². The van der Waals surface area contributed by atoms with Crippen LogP contribution in [-0.4, -0.2) is 13.2 Å². The van der Waals surface area contributed by atoms with Crippen molar-refractivity contribution in [3.63, 3.8) is 0 Å². The molecule has 1 unspecified atom stereocenters. The summed E-state index contributed by atoms with van der Waals surface area (Å²) in [6.45, 7) is 1.42. The molecule has 1 saturated heterocycles. The third-order valence-electron chi connectivity index (χ3n) is 3.22. The van der Waals surface area contributed by atoms with Gasteiger partial charge in [-0.25, -0.2) is 0 Å². The van der Waals surface area contributed by atoms with Gasteiger partial charge in [0, 0.05) is 5.57 Å². The normalized spacial score (nSPS) is 23.8. The Morgan fingerprint density at radius 2 is 2.06 bits per heavy atom. The molecule has 0 spiro atoms. The van der Waals surface area contributed by atoms with E-state index in [-0.39, 0.29) is 6.04 Å². The van der Waals surface area contributed by atoms with Gasteiger partial charge in [-0.1, -0.05) is 48.0 Å². The summed E-state index contributed by atoms with van der Waals surface area (Å²) in [4.78, 5) is 0. The van der Waals surface area contributed by atoms with E-state index in [2.05, 4.69) is 23.5 Å². The standard InChI is InChI=1S/C14H14ClNO/c15-14-12-9-17-7-6-11(12)8-13(16-14)10-4-2-1-3-5-10/h1-5,8,13,16H,6-7,9H2. The first kappa shape index (κ1) is 10.9. The molecule has 2 nitrogen and oxygen atoms in total. The molecule has 88 valence electrons. The van der Waals surface area contributed by atoms with Gasteiger partial charge in [-0.3, -0.25) is 0 Å². The number of ether oxygens (including phenoxy) is 1. The Morgan fingerprint density at radius 3 is 2.88 bits per heavy atom. The van der Waals surface area contributed by atoms with Gasteiger partial charge in [0.2, 0.25) is 0 Å². The Morgan fingerprint density at radius 1 is 1.24 bits per heavy atom. The lowest BCUT2D eigenvalue weighted by atomic mass is 9.94. The molecule has 0 saturated carbocycles. The average molecular weight is 248 g/mol. The van der Waals surface area contributed by atoms with E-state index in [1.807, 2.05) is 18.2 Å². The number of dihydropyridines is 1. The molecule has 2 heterocycles. The number of hydrogen-bond donors (Lipinski definition) is 1. The minimum atomic E-state index is 0.181. The first-order chi connectivity index (χ1) is 8.34. The topological polar surface area (TPSA) is 21.3 Å². The third-order valence-corrected chi connectivity index (χ3v) is 3.56. The summed E-state index contributed by atoms with van der Waals surface area (Å²) < 4.78 is 5.43. The van der Waals surface area contributed by atoms with Crippen LogP contribution < -0.4 is 5.32 Å². The highest BCUT2D eigenvalue weighted by molar-refractivity contribution is 6.30. The number of benzene rings is 1. The second-order valence-corrected chi connectivity index (χ2v) is 4.70. The van der Waals surface area contributed by atoms with Gasteiger partial charge in [0.05, 0.1) is 19.3 Å². The molecule has 1 aromatic carbocycles. The Hall–Kier alpha value is -1.25. The van der Waals surface area contributed by atoms with Crippen LogP contribution in [0.1, 0.15) is 18.0 Å². The molecule has 0 aromatic heterocycles. The van der Waals surface area contributed by atoms with Crippen molar-refractivity contribution in [3.05, 3.63) is 58.3 Å². The van der Waals surface area contributed by atoms with Crippen molar-refractivity contribution in [1.82, 2.24) is 5.32 Å². The van der Waals surface area contributed by atoms with E-state index in [1.54, 1.807) is 0 Å². The fourth-order valence-corrected chi connectivity index (χ4v) is 2.59. The predicted octanol–water partition coefficient (Wildman–Crippen LogP) is 3.13. The molecular weight excluding hydrogens is 234 g/mol. The molecule has 1 atom stereocenters. The molecule has 3 heteroatoms. The molecule has 0 aliphatic carbocycles. The minimum Gasteiger partial charge on any atom is -0.376 e. The average Bonchev–Trinajstić information content (AvgIpc) is 2.40. The van der Waals surface area contributed by atoms with Crippen LogP contribution in [0.5, 0.6) is 0 Å². The highest BCUT2D eigenvalue weighted by atomic mass is 35.5. The lowest BCUT2D eigenvalue weighted by Gasteiger charge is -2.29. The Bertz CT molecular complexity index is 478. The number of hydrogen-bond acceptors (Lipinski definition) is 2. The molecular formula is C14H14ClNO. The van der Waals surface area contributed by atoms with Crippen molar-refractivity contribution in [2.75, 3.05) is 13.2 Å². The number of fused-ring (bicyclic) bond motifs is 1. The molecule has 2 aliphatic rings. The number of nitrogens with one attached hydrogen (secondary N) is 1. The summed E-state index contributed by atoms with van der Waals surface area (Å²) >= 11 is 6.28. The zero-order valence-corrected chi connectivity index (χ0v) is 10.2. The van der Waals surface area contributed by atoms with Crippen molar-refractivity contribution in [1.29, 1.82) is 0 Å². The maximum absolute atomic E-state index is 6.28. The monoisotopic (exact) mass is 247 g/mol. The van der Waals surface area contributed by atoms with E-state index in [4.69, 9.17) is 16.3 Å². The summed E-state index contributed by atoms with van der Waals surface area (Å²) in [5.74, 6) is 0. The van der Waals surface area contributed by atoms with Gasteiger partial charge in [0.25, 0.3) is 0 Å². The summed E-state index contributed by atoms with van der Waals surface area (Å²) in [6.07, 6.45) is 3.22. The second kappa shape index (κ2) is 4.55. The van der Waals surface area contributed by atoms with Crippen LogP contribution >= 0.6 is 11.6 Å². The zero-order chi connectivity index (χ0) is 11.7. The van der Waals surface area contributed by atoms with Crippen LogP contribution in [0.25, 0.3) is 0 Å². The molecule has 0 radical (unpaired) electrons.